The van der Waals surface area contributed by atoms with Crippen molar-refractivity contribution in [3.05, 3.63) is 100 Å². The summed E-state index contributed by atoms with van der Waals surface area (Å²) >= 11 is 0. The maximum absolute atomic E-state index is 13.5. The zero-order chi connectivity index (χ0) is 26.9. The van der Waals surface area contributed by atoms with Crippen LogP contribution < -0.4 is 4.90 Å². The van der Waals surface area contributed by atoms with E-state index in [1.54, 1.807) is 62.4 Å². The molecule has 0 amide bonds. The summed E-state index contributed by atoms with van der Waals surface area (Å²) in [5.41, 5.74) is -2.96. The van der Waals surface area contributed by atoms with Gasteiger partial charge in [0.25, 0.3) is 0 Å². The highest BCUT2D eigenvalue weighted by atomic mass is 19.4. The molecule has 0 bridgehead atoms. The molecule has 3 nitrogen and oxygen atoms in total. The van der Waals surface area contributed by atoms with Crippen molar-refractivity contribution >= 4 is 11.7 Å². The van der Waals surface area contributed by atoms with Gasteiger partial charge in [-0.05, 0) is 62.2 Å². The van der Waals surface area contributed by atoms with Crippen LogP contribution in [0.3, 0.4) is 0 Å². The fourth-order valence-electron chi connectivity index (χ4n) is 4.31. The van der Waals surface area contributed by atoms with Crippen molar-refractivity contribution in [3.63, 3.8) is 0 Å². The fourth-order valence-corrected chi connectivity index (χ4v) is 4.31. The molecule has 0 spiro atoms. The van der Waals surface area contributed by atoms with E-state index in [4.69, 9.17) is 0 Å². The fraction of sp³-hybridized carbons (Fsp3) is 0.296. The van der Waals surface area contributed by atoms with Crippen LogP contribution in [-0.2, 0) is 29.1 Å². The summed E-state index contributed by atoms with van der Waals surface area (Å²) in [4.78, 5) is 14.5. The first-order chi connectivity index (χ1) is 16.7. The van der Waals surface area contributed by atoms with Crippen LogP contribution in [0.15, 0.2) is 66.7 Å². The Bertz CT molecular complexity index is 1180. The Kier molecular flexibility index (Phi) is 7.43. The van der Waals surface area contributed by atoms with Gasteiger partial charge in [0.1, 0.15) is 0 Å². The molecule has 192 valence electrons. The minimum Gasteiger partial charge on any atom is -0.479 e. The molecule has 0 aliphatic rings. The molecule has 3 rings (SSSR count). The number of carbonyl (C=O) groups is 1. The Morgan fingerprint density at radius 3 is 1.58 bits per heavy atom. The number of hydrogen-bond donors (Lipinski definition) is 1. The number of aliphatic carboxylic acids is 1. The summed E-state index contributed by atoms with van der Waals surface area (Å²) in [7, 11) is 0. The molecule has 0 unspecified atom stereocenters. The molecular formula is C27H25F6NO2. The molecule has 0 saturated carbocycles. The van der Waals surface area contributed by atoms with E-state index >= 15 is 0 Å². The molecular weight excluding hydrogens is 484 g/mol. The number of halogens is 6. The highest BCUT2D eigenvalue weighted by molar-refractivity contribution is 5.86. The van der Waals surface area contributed by atoms with E-state index < -0.39 is 47.0 Å². The van der Waals surface area contributed by atoms with E-state index in [1.807, 2.05) is 6.92 Å². The quantitative estimate of drug-likeness (QED) is 0.338. The van der Waals surface area contributed by atoms with E-state index in [-0.39, 0.29) is 18.2 Å². The monoisotopic (exact) mass is 509 g/mol. The molecule has 0 aliphatic carbocycles. The zero-order valence-electron chi connectivity index (χ0n) is 19.8. The van der Waals surface area contributed by atoms with Crippen LogP contribution in [0.4, 0.5) is 32.0 Å². The van der Waals surface area contributed by atoms with Crippen LogP contribution in [-0.4, -0.2) is 17.6 Å². The number of carboxylic acids is 1. The van der Waals surface area contributed by atoms with Crippen LogP contribution in [0, 0.1) is 13.8 Å². The second-order valence-electron chi connectivity index (χ2n) is 8.70. The number of rotatable bonds is 7. The standard InChI is InChI=1S/C27H25F6NO2/c1-4-34(23-11-7-18(3)8-12-23)25(24(35)36,20-9-5-17(2)6-10-20)16-19-13-21(26(28,29)30)15-22(14-19)27(31,32)33/h5-15H,4,16H2,1-3H3,(H,35,36)/t25-/m1/s1. The van der Waals surface area contributed by atoms with Crippen molar-refractivity contribution < 1.29 is 36.2 Å². The average molecular weight is 509 g/mol. The predicted molar refractivity (Wildman–Crippen MR) is 125 cm³/mol. The number of likely N-dealkylation sites (N-methyl/N-ethyl adjacent to an activating group) is 1. The van der Waals surface area contributed by atoms with Gasteiger partial charge in [0.15, 0.2) is 5.54 Å². The topological polar surface area (TPSA) is 40.5 Å². The minimum atomic E-state index is -5.05. The zero-order valence-corrected chi connectivity index (χ0v) is 19.8. The van der Waals surface area contributed by atoms with Crippen molar-refractivity contribution in [2.75, 3.05) is 11.4 Å². The normalized spacial score (nSPS) is 13.8. The van der Waals surface area contributed by atoms with Gasteiger partial charge in [0.05, 0.1) is 11.1 Å². The van der Waals surface area contributed by atoms with Crippen molar-refractivity contribution in [1.29, 1.82) is 0 Å². The Morgan fingerprint density at radius 2 is 1.19 bits per heavy atom. The Balaban J connectivity index is 2.32. The number of anilines is 1. The lowest BCUT2D eigenvalue weighted by Gasteiger charge is -2.42. The summed E-state index contributed by atoms with van der Waals surface area (Å²) in [5, 5.41) is 10.6. The van der Waals surface area contributed by atoms with Crippen LogP contribution in [0.1, 0.15) is 40.3 Å². The molecule has 0 aliphatic heterocycles. The maximum atomic E-state index is 13.5. The van der Waals surface area contributed by atoms with Crippen molar-refractivity contribution in [2.24, 2.45) is 0 Å². The van der Waals surface area contributed by atoms with Gasteiger partial charge in [-0.1, -0.05) is 47.5 Å². The van der Waals surface area contributed by atoms with Gasteiger partial charge in [-0.25, -0.2) is 4.79 Å². The predicted octanol–water partition coefficient (Wildman–Crippen LogP) is 7.39. The summed E-state index contributed by atoms with van der Waals surface area (Å²) in [5.74, 6) is -1.40. The second kappa shape index (κ2) is 9.87. The van der Waals surface area contributed by atoms with Gasteiger partial charge >= 0.3 is 18.3 Å². The van der Waals surface area contributed by atoms with Crippen molar-refractivity contribution in [2.45, 2.75) is 45.1 Å². The molecule has 1 N–H and O–H groups in total. The third-order valence-electron chi connectivity index (χ3n) is 6.11. The summed E-state index contributed by atoms with van der Waals surface area (Å²) in [6.07, 6.45) is -10.7. The molecule has 9 heteroatoms. The molecule has 0 fully saturated rings. The first-order valence-electron chi connectivity index (χ1n) is 11.1. The minimum absolute atomic E-state index is 0.0371. The molecule has 1 atom stereocenters. The molecule has 0 saturated heterocycles. The Hall–Kier alpha value is -3.49. The van der Waals surface area contributed by atoms with Crippen molar-refractivity contribution in [1.82, 2.24) is 0 Å². The number of nitrogens with zero attached hydrogens (tertiary/aromatic N) is 1. The molecule has 3 aromatic carbocycles. The van der Waals surface area contributed by atoms with Gasteiger partial charge in [0, 0.05) is 18.7 Å². The first kappa shape index (κ1) is 27.1. The van der Waals surface area contributed by atoms with E-state index in [2.05, 4.69) is 0 Å². The van der Waals surface area contributed by atoms with Gasteiger partial charge in [-0.2, -0.15) is 26.3 Å². The third-order valence-corrected chi connectivity index (χ3v) is 6.11. The molecule has 0 aromatic heterocycles. The lowest BCUT2D eigenvalue weighted by Crippen LogP contribution is -2.54. The number of alkyl halides is 6. The summed E-state index contributed by atoms with van der Waals surface area (Å²) in [6.45, 7) is 5.42. The lowest BCUT2D eigenvalue weighted by molar-refractivity contribution is -0.144. The SMILES string of the molecule is CCN(c1ccc(C)cc1)[C@@](Cc1cc(C(F)(F)F)cc(C(F)(F)F)c1)(C(=O)O)c1ccc(C)cc1. The van der Waals surface area contributed by atoms with Crippen LogP contribution in [0.5, 0.6) is 0 Å². The largest absolute Gasteiger partial charge is 0.479 e. The maximum Gasteiger partial charge on any atom is 0.416 e. The number of aryl methyl sites for hydroxylation is 2. The lowest BCUT2D eigenvalue weighted by atomic mass is 9.80. The van der Waals surface area contributed by atoms with Crippen LogP contribution >= 0.6 is 0 Å². The summed E-state index contributed by atoms with van der Waals surface area (Å²) in [6, 6.07) is 14.5. The molecule has 3 aromatic rings. The number of carboxylic acid groups (broad SMARTS) is 1. The highest BCUT2D eigenvalue weighted by Crippen LogP contribution is 2.41. The smallest absolute Gasteiger partial charge is 0.416 e. The second-order valence-corrected chi connectivity index (χ2v) is 8.70. The van der Waals surface area contributed by atoms with E-state index in [9.17, 15) is 36.2 Å². The van der Waals surface area contributed by atoms with E-state index in [1.165, 1.54) is 4.90 Å². The highest BCUT2D eigenvalue weighted by Gasteiger charge is 2.47. The van der Waals surface area contributed by atoms with Gasteiger partial charge in [-0.15, -0.1) is 0 Å². The molecule has 36 heavy (non-hydrogen) atoms. The average Bonchev–Trinajstić information content (AvgIpc) is 2.79. The van der Waals surface area contributed by atoms with Gasteiger partial charge in [-0.3, -0.25) is 0 Å². The third kappa shape index (κ3) is 5.50. The van der Waals surface area contributed by atoms with Crippen molar-refractivity contribution in [3.8, 4) is 0 Å². The number of hydrogen-bond acceptors (Lipinski definition) is 2. The first-order valence-corrected chi connectivity index (χ1v) is 11.1. The Labute approximate surface area is 205 Å². The van der Waals surface area contributed by atoms with Gasteiger partial charge < -0.3 is 10.0 Å². The van der Waals surface area contributed by atoms with E-state index in [0.29, 0.717) is 17.8 Å². The van der Waals surface area contributed by atoms with Crippen LogP contribution in [0.2, 0.25) is 0 Å². The molecule has 0 radical (unpaired) electrons. The van der Waals surface area contributed by atoms with Crippen LogP contribution in [0.25, 0.3) is 0 Å². The Morgan fingerprint density at radius 1 is 0.750 bits per heavy atom. The number of benzene rings is 3. The van der Waals surface area contributed by atoms with Gasteiger partial charge in [0.2, 0.25) is 0 Å². The van der Waals surface area contributed by atoms with E-state index in [0.717, 1.165) is 11.1 Å². The summed E-state index contributed by atoms with van der Waals surface area (Å²) < 4.78 is 81.2. The molecule has 0 heterocycles.